The summed E-state index contributed by atoms with van der Waals surface area (Å²) in [7, 11) is 0. The predicted octanol–water partition coefficient (Wildman–Crippen LogP) is 3.26. The number of urea groups is 1. The zero-order chi connectivity index (χ0) is 20.2. The van der Waals surface area contributed by atoms with Crippen LogP contribution in [-0.2, 0) is 19.5 Å². The second kappa shape index (κ2) is 8.27. The van der Waals surface area contributed by atoms with Crippen molar-refractivity contribution < 1.29 is 13.7 Å². The van der Waals surface area contributed by atoms with Crippen LogP contribution >= 0.6 is 0 Å². The smallest absolute Gasteiger partial charge is 0.323 e. The topological polar surface area (TPSA) is 109 Å². The fourth-order valence-electron chi connectivity index (χ4n) is 3.43. The average molecular weight is 396 g/mol. The van der Waals surface area contributed by atoms with Crippen molar-refractivity contribution in [2.75, 3.05) is 22.1 Å². The fourth-order valence-corrected chi connectivity index (χ4v) is 3.43. The van der Waals surface area contributed by atoms with E-state index < -0.39 is 11.8 Å². The number of halogens is 1. The zero-order valence-corrected chi connectivity index (χ0v) is 15.7. The Morgan fingerprint density at radius 1 is 1.17 bits per heavy atom. The van der Waals surface area contributed by atoms with Crippen LogP contribution in [0.2, 0.25) is 0 Å². The van der Waals surface area contributed by atoms with Crippen molar-refractivity contribution in [1.29, 1.82) is 0 Å². The lowest BCUT2D eigenvalue weighted by atomic mass is 9.99. The molecule has 1 aliphatic rings. The number of carbonyl (C=O) groups excluding carboxylic acids is 1. The minimum atomic E-state index is -0.494. The van der Waals surface area contributed by atoms with E-state index in [9.17, 15) is 9.18 Å². The third-order valence-corrected chi connectivity index (χ3v) is 4.73. The number of amides is 2. The number of para-hydroxylation sites is 1. The first-order chi connectivity index (χ1) is 14.1. The van der Waals surface area contributed by atoms with Crippen molar-refractivity contribution in [3.8, 4) is 0 Å². The van der Waals surface area contributed by atoms with E-state index in [0.29, 0.717) is 23.9 Å². The molecule has 1 aliphatic heterocycles. The van der Waals surface area contributed by atoms with Gasteiger partial charge in [-0.1, -0.05) is 23.4 Å². The van der Waals surface area contributed by atoms with Gasteiger partial charge < -0.3 is 25.8 Å². The molecular formula is C20H21FN6O2. The largest absolute Gasteiger partial charge is 0.364 e. The molecule has 0 radical (unpaired) electrons. The third-order valence-electron chi connectivity index (χ3n) is 4.73. The quantitative estimate of drug-likeness (QED) is 0.611. The molecule has 2 aromatic carbocycles. The summed E-state index contributed by atoms with van der Waals surface area (Å²) in [6.07, 6.45) is 1.74. The number of benzene rings is 2. The molecule has 0 saturated heterocycles. The molecular weight excluding hydrogens is 375 g/mol. The number of aromatic nitrogens is 2. The highest BCUT2D eigenvalue weighted by Gasteiger charge is 2.22. The Morgan fingerprint density at radius 3 is 2.76 bits per heavy atom. The summed E-state index contributed by atoms with van der Waals surface area (Å²) < 4.78 is 18.8. The van der Waals surface area contributed by atoms with Crippen molar-refractivity contribution >= 4 is 23.1 Å². The van der Waals surface area contributed by atoms with Gasteiger partial charge in [-0.2, -0.15) is 4.98 Å². The predicted molar refractivity (Wildman–Crippen MR) is 107 cm³/mol. The Labute approximate surface area is 166 Å². The molecule has 2 heterocycles. The summed E-state index contributed by atoms with van der Waals surface area (Å²) in [5, 5.41) is 9.33. The van der Waals surface area contributed by atoms with Gasteiger partial charge in [0.1, 0.15) is 5.82 Å². The molecule has 2 amide bonds. The van der Waals surface area contributed by atoms with Crippen LogP contribution in [0, 0.1) is 5.82 Å². The lowest BCUT2D eigenvalue weighted by Gasteiger charge is -2.31. The monoisotopic (exact) mass is 396 g/mol. The fraction of sp³-hybridized carbons (Fsp3) is 0.250. The summed E-state index contributed by atoms with van der Waals surface area (Å²) in [4.78, 5) is 18.8. The number of carbonyl (C=O) groups is 1. The average Bonchev–Trinajstić information content (AvgIpc) is 3.18. The van der Waals surface area contributed by atoms with Crippen molar-refractivity contribution in [1.82, 2.24) is 10.1 Å². The number of hydrogen-bond donors (Lipinski definition) is 3. The van der Waals surface area contributed by atoms with Crippen LogP contribution < -0.4 is 21.3 Å². The standard InChI is InChI=1S/C20H21FN6O2/c21-14-6-1-2-7-16(14)24-20(28)23-15-8-3-9-17-13(15)5-4-10-27(17)12-18-25-19(11-22)29-26-18/h1-3,6-9H,4-5,10-12,22H2,(H2,23,24,28). The number of nitrogens with one attached hydrogen (secondary N) is 2. The number of anilines is 3. The molecule has 0 bridgehead atoms. The van der Waals surface area contributed by atoms with Crippen LogP contribution in [0.4, 0.5) is 26.2 Å². The van der Waals surface area contributed by atoms with E-state index in [1.807, 2.05) is 18.2 Å². The van der Waals surface area contributed by atoms with Crippen LogP contribution in [-0.4, -0.2) is 22.7 Å². The first-order valence-electron chi connectivity index (χ1n) is 9.35. The van der Waals surface area contributed by atoms with Gasteiger partial charge >= 0.3 is 6.03 Å². The maximum atomic E-state index is 13.8. The Morgan fingerprint density at radius 2 is 1.97 bits per heavy atom. The number of nitrogens with zero attached hydrogens (tertiary/aromatic N) is 3. The second-order valence-corrected chi connectivity index (χ2v) is 6.70. The Kier molecular flexibility index (Phi) is 5.39. The Bertz CT molecular complexity index is 1020. The molecule has 0 unspecified atom stereocenters. The van der Waals surface area contributed by atoms with Gasteiger partial charge in [0.2, 0.25) is 5.89 Å². The number of fused-ring (bicyclic) bond motifs is 1. The molecule has 0 saturated carbocycles. The van der Waals surface area contributed by atoms with E-state index in [2.05, 4.69) is 25.7 Å². The van der Waals surface area contributed by atoms with Gasteiger partial charge in [-0.25, -0.2) is 9.18 Å². The molecule has 1 aromatic heterocycles. The molecule has 0 atom stereocenters. The third kappa shape index (κ3) is 4.19. The molecule has 3 aromatic rings. The first kappa shape index (κ1) is 18.9. The molecule has 0 spiro atoms. The van der Waals surface area contributed by atoms with E-state index in [0.717, 1.165) is 30.6 Å². The van der Waals surface area contributed by atoms with Crippen molar-refractivity contribution in [2.24, 2.45) is 5.73 Å². The second-order valence-electron chi connectivity index (χ2n) is 6.70. The number of hydrogen-bond acceptors (Lipinski definition) is 6. The van der Waals surface area contributed by atoms with Crippen molar-refractivity contribution in [3.05, 3.63) is 65.6 Å². The summed E-state index contributed by atoms with van der Waals surface area (Å²) in [6, 6.07) is 11.3. The molecule has 0 aliphatic carbocycles. The lowest BCUT2D eigenvalue weighted by molar-refractivity contribution is 0.262. The number of rotatable bonds is 5. The summed E-state index contributed by atoms with van der Waals surface area (Å²) in [5.74, 6) is 0.479. The van der Waals surface area contributed by atoms with Gasteiger partial charge in [0, 0.05) is 17.9 Å². The van der Waals surface area contributed by atoms with Crippen LogP contribution in [0.1, 0.15) is 23.7 Å². The minimum Gasteiger partial charge on any atom is -0.364 e. The molecule has 4 N–H and O–H groups in total. The van der Waals surface area contributed by atoms with Crippen molar-refractivity contribution in [3.63, 3.8) is 0 Å². The van der Waals surface area contributed by atoms with Gasteiger partial charge in [0.25, 0.3) is 0 Å². The lowest BCUT2D eigenvalue weighted by Crippen LogP contribution is -2.30. The molecule has 8 nitrogen and oxygen atoms in total. The molecule has 150 valence electrons. The van der Waals surface area contributed by atoms with E-state index in [1.165, 1.54) is 12.1 Å². The van der Waals surface area contributed by atoms with Crippen molar-refractivity contribution in [2.45, 2.75) is 25.9 Å². The van der Waals surface area contributed by atoms with Crippen LogP contribution in [0.5, 0.6) is 0 Å². The SMILES string of the molecule is NCc1nc(CN2CCCc3c(NC(=O)Nc4ccccc4F)cccc32)no1. The van der Waals surface area contributed by atoms with Gasteiger partial charge in [0.05, 0.1) is 18.8 Å². The van der Waals surface area contributed by atoms with Crippen LogP contribution in [0.3, 0.4) is 0 Å². The summed E-state index contributed by atoms with van der Waals surface area (Å²) >= 11 is 0. The highest BCUT2D eigenvalue weighted by atomic mass is 19.1. The molecule has 29 heavy (non-hydrogen) atoms. The van der Waals surface area contributed by atoms with E-state index in [4.69, 9.17) is 10.3 Å². The maximum absolute atomic E-state index is 13.8. The van der Waals surface area contributed by atoms with Crippen LogP contribution in [0.25, 0.3) is 0 Å². The van der Waals surface area contributed by atoms with Gasteiger partial charge in [-0.3, -0.25) is 0 Å². The maximum Gasteiger partial charge on any atom is 0.323 e. The minimum absolute atomic E-state index is 0.129. The first-order valence-corrected chi connectivity index (χ1v) is 9.35. The summed E-state index contributed by atoms with van der Waals surface area (Å²) in [6.45, 7) is 1.53. The van der Waals surface area contributed by atoms with Gasteiger partial charge in [-0.05, 0) is 42.7 Å². The molecule has 4 rings (SSSR count). The van der Waals surface area contributed by atoms with E-state index in [1.54, 1.807) is 12.1 Å². The highest BCUT2D eigenvalue weighted by molar-refractivity contribution is 6.00. The zero-order valence-electron chi connectivity index (χ0n) is 15.7. The normalized spacial score (nSPS) is 13.1. The van der Waals surface area contributed by atoms with Gasteiger partial charge in [-0.15, -0.1) is 0 Å². The Hall–Kier alpha value is -3.46. The van der Waals surface area contributed by atoms with Gasteiger partial charge in [0.15, 0.2) is 5.82 Å². The number of nitrogens with two attached hydrogens (primary N) is 1. The summed E-state index contributed by atoms with van der Waals surface area (Å²) in [5.41, 5.74) is 8.36. The highest BCUT2D eigenvalue weighted by Crippen LogP contribution is 2.33. The molecule has 9 heteroatoms. The van der Waals surface area contributed by atoms with E-state index in [-0.39, 0.29) is 12.2 Å². The van der Waals surface area contributed by atoms with E-state index >= 15 is 0 Å². The Balaban J connectivity index is 1.51. The van der Waals surface area contributed by atoms with Crippen LogP contribution in [0.15, 0.2) is 47.0 Å². The molecule has 0 fully saturated rings.